The number of urea groups is 1. The highest BCUT2D eigenvalue weighted by Gasteiger charge is 2.37. The number of halogens is 1. The van der Waals surface area contributed by atoms with Gasteiger partial charge < -0.3 is 9.47 Å². The summed E-state index contributed by atoms with van der Waals surface area (Å²) >= 11 is 3.48. The van der Waals surface area contributed by atoms with Crippen LogP contribution in [0.15, 0.2) is 40.4 Å². The normalized spacial score (nSPS) is 16.2. The van der Waals surface area contributed by atoms with Gasteiger partial charge in [0.1, 0.15) is 5.57 Å². The van der Waals surface area contributed by atoms with Crippen molar-refractivity contribution in [2.24, 2.45) is 0 Å². The molecule has 1 heterocycles. The molecule has 0 aliphatic carbocycles. The predicted octanol–water partition coefficient (Wildman–Crippen LogP) is 4.92. The van der Waals surface area contributed by atoms with Gasteiger partial charge in [0.25, 0.3) is 11.8 Å². The monoisotopic (exact) mass is 500 g/mol. The minimum atomic E-state index is -0.779. The fourth-order valence-corrected chi connectivity index (χ4v) is 3.91. The number of hydrogen-bond donors (Lipinski definition) is 1. The maximum atomic E-state index is 13.2. The zero-order valence-corrected chi connectivity index (χ0v) is 20.2. The number of ether oxygens (including phenoxy) is 2. The Morgan fingerprint density at radius 2 is 1.75 bits per heavy atom. The lowest BCUT2D eigenvalue weighted by Gasteiger charge is -2.27. The maximum absolute atomic E-state index is 13.2. The summed E-state index contributed by atoms with van der Waals surface area (Å²) in [6.07, 6.45) is 2.23. The van der Waals surface area contributed by atoms with Gasteiger partial charge in [0.05, 0.1) is 23.4 Å². The van der Waals surface area contributed by atoms with Crippen LogP contribution in [0.4, 0.5) is 10.5 Å². The van der Waals surface area contributed by atoms with E-state index in [1.165, 1.54) is 13.2 Å². The summed E-state index contributed by atoms with van der Waals surface area (Å²) < 4.78 is 12.0. The second kappa shape index (κ2) is 9.56. The Kier molecular flexibility index (Phi) is 7.03. The van der Waals surface area contributed by atoms with Crippen LogP contribution in [0, 0.1) is 13.8 Å². The lowest BCUT2D eigenvalue weighted by molar-refractivity contribution is -0.122. The molecule has 0 unspecified atom stereocenters. The van der Waals surface area contributed by atoms with Gasteiger partial charge in [0, 0.05) is 0 Å². The molecule has 1 fully saturated rings. The van der Waals surface area contributed by atoms with Crippen LogP contribution >= 0.6 is 15.9 Å². The van der Waals surface area contributed by atoms with E-state index >= 15 is 0 Å². The number of carbonyl (C=O) groups is 3. The van der Waals surface area contributed by atoms with Gasteiger partial charge in [0.15, 0.2) is 11.5 Å². The zero-order chi connectivity index (χ0) is 23.6. The number of benzene rings is 2. The molecular weight excluding hydrogens is 476 g/mol. The van der Waals surface area contributed by atoms with Gasteiger partial charge in [-0.2, -0.15) is 0 Å². The van der Waals surface area contributed by atoms with Crippen LogP contribution in [0.25, 0.3) is 6.08 Å². The van der Waals surface area contributed by atoms with Crippen LogP contribution < -0.4 is 19.7 Å². The third kappa shape index (κ3) is 4.85. The number of nitrogens with one attached hydrogen (secondary N) is 1. The Labute approximate surface area is 195 Å². The Hall–Kier alpha value is -3.13. The van der Waals surface area contributed by atoms with Crippen LogP contribution in [-0.4, -0.2) is 31.1 Å². The molecule has 1 aliphatic rings. The average Bonchev–Trinajstić information content (AvgIpc) is 2.71. The number of carbonyl (C=O) groups excluding carboxylic acids is 3. The van der Waals surface area contributed by atoms with E-state index in [1.54, 1.807) is 24.3 Å². The van der Waals surface area contributed by atoms with Gasteiger partial charge in [-0.25, -0.2) is 9.69 Å². The van der Waals surface area contributed by atoms with Gasteiger partial charge >= 0.3 is 6.03 Å². The number of methoxy groups -OCH3 is 1. The first-order valence-corrected chi connectivity index (χ1v) is 11.0. The summed E-state index contributed by atoms with van der Waals surface area (Å²) in [4.78, 5) is 39.1. The first kappa shape index (κ1) is 23.5. The van der Waals surface area contributed by atoms with Crippen molar-refractivity contribution in [1.29, 1.82) is 0 Å². The number of rotatable bonds is 6. The molecule has 32 heavy (non-hydrogen) atoms. The van der Waals surface area contributed by atoms with E-state index in [9.17, 15) is 14.4 Å². The summed E-state index contributed by atoms with van der Waals surface area (Å²) in [5, 5.41) is 2.25. The minimum absolute atomic E-state index is 0.0209. The maximum Gasteiger partial charge on any atom is 0.335 e. The molecule has 2 aromatic rings. The van der Waals surface area contributed by atoms with Crippen molar-refractivity contribution in [2.75, 3.05) is 12.0 Å². The van der Waals surface area contributed by atoms with E-state index in [1.807, 2.05) is 33.8 Å². The largest absolute Gasteiger partial charge is 0.493 e. The number of anilines is 1. The van der Waals surface area contributed by atoms with E-state index in [2.05, 4.69) is 21.2 Å². The molecule has 1 atom stereocenters. The van der Waals surface area contributed by atoms with Crippen molar-refractivity contribution in [2.45, 2.75) is 40.2 Å². The van der Waals surface area contributed by atoms with Crippen molar-refractivity contribution in [3.05, 3.63) is 57.1 Å². The van der Waals surface area contributed by atoms with Gasteiger partial charge in [-0.15, -0.1) is 0 Å². The molecule has 0 radical (unpaired) electrons. The smallest absolute Gasteiger partial charge is 0.335 e. The summed E-state index contributed by atoms with van der Waals surface area (Å²) in [5.74, 6) is -0.456. The summed E-state index contributed by atoms with van der Waals surface area (Å²) in [5.41, 5.74) is 2.58. The van der Waals surface area contributed by atoms with Crippen molar-refractivity contribution in [1.82, 2.24) is 5.32 Å². The first-order valence-electron chi connectivity index (χ1n) is 10.2. The first-order chi connectivity index (χ1) is 15.1. The van der Waals surface area contributed by atoms with Crippen LogP contribution in [-0.2, 0) is 9.59 Å². The van der Waals surface area contributed by atoms with Crippen LogP contribution in [0.5, 0.6) is 11.5 Å². The highest BCUT2D eigenvalue weighted by atomic mass is 79.9. The Bertz CT molecular complexity index is 1110. The second-order valence-electron chi connectivity index (χ2n) is 7.67. The molecule has 0 spiro atoms. The van der Waals surface area contributed by atoms with Gasteiger partial charge in [-0.1, -0.05) is 13.0 Å². The van der Waals surface area contributed by atoms with E-state index in [4.69, 9.17) is 9.47 Å². The number of barbiturate groups is 1. The summed E-state index contributed by atoms with van der Waals surface area (Å²) in [6.45, 7) is 7.71. The second-order valence-corrected chi connectivity index (χ2v) is 8.53. The molecule has 7 nitrogen and oxygen atoms in total. The van der Waals surface area contributed by atoms with Crippen LogP contribution in [0.2, 0.25) is 0 Å². The predicted molar refractivity (Wildman–Crippen MR) is 126 cm³/mol. The number of imide groups is 2. The van der Waals surface area contributed by atoms with Crippen molar-refractivity contribution in [3.8, 4) is 11.5 Å². The van der Waals surface area contributed by atoms with Gasteiger partial charge in [-0.3, -0.25) is 14.9 Å². The lowest BCUT2D eigenvalue weighted by atomic mass is 10.0. The standard InChI is InChI=1S/C24H25BrN2O5/c1-6-15(4)32-21-19(25)11-16(12-20(21)31-5)10-18-22(28)26-24(30)27(23(18)29)17-8-13(2)7-14(3)9-17/h7-12,15H,6H2,1-5H3,(H,26,28,30)/b18-10+/t15-/m1/s1. The molecule has 1 aliphatic heterocycles. The topological polar surface area (TPSA) is 84.9 Å². The number of amides is 4. The third-order valence-electron chi connectivity index (χ3n) is 5.02. The molecule has 1 saturated heterocycles. The number of aryl methyl sites for hydroxylation is 2. The van der Waals surface area contributed by atoms with Crippen LogP contribution in [0.1, 0.15) is 37.0 Å². The average molecular weight is 501 g/mol. The van der Waals surface area contributed by atoms with Crippen LogP contribution in [0.3, 0.4) is 0 Å². The van der Waals surface area contributed by atoms with E-state index in [0.29, 0.717) is 27.2 Å². The van der Waals surface area contributed by atoms with E-state index in [-0.39, 0.29) is 11.7 Å². The molecule has 0 saturated carbocycles. The minimum Gasteiger partial charge on any atom is -0.493 e. The molecular formula is C24H25BrN2O5. The molecule has 4 amide bonds. The third-order valence-corrected chi connectivity index (χ3v) is 5.61. The quantitative estimate of drug-likeness (QED) is 0.449. The molecule has 3 rings (SSSR count). The zero-order valence-electron chi connectivity index (χ0n) is 18.6. The molecule has 0 bridgehead atoms. The Balaban J connectivity index is 2.03. The molecule has 0 aromatic heterocycles. The molecule has 168 valence electrons. The number of hydrogen-bond acceptors (Lipinski definition) is 5. The SMILES string of the molecule is CC[C@@H](C)Oc1c(Br)cc(/C=C2\C(=O)NC(=O)N(c3cc(C)cc(C)c3)C2=O)cc1OC. The molecule has 8 heteroatoms. The van der Waals surface area contributed by atoms with Crippen molar-refractivity contribution in [3.63, 3.8) is 0 Å². The van der Waals surface area contributed by atoms with Crippen molar-refractivity contribution >= 4 is 45.5 Å². The number of nitrogens with zero attached hydrogens (tertiary/aromatic N) is 1. The van der Waals surface area contributed by atoms with E-state index < -0.39 is 17.8 Å². The highest BCUT2D eigenvalue weighted by Crippen LogP contribution is 2.38. The van der Waals surface area contributed by atoms with Crippen molar-refractivity contribution < 1.29 is 23.9 Å². The van der Waals surface area contributed by atoms with Gasteiger partial charge in [0.2, 0.25) is 0 Å². The summed E-state index contributed by atoms with van der Waals surface area (Å²) in [7, 11) is 1.51. The fraction of sp³-hybridized carbons (Fsp3) is 0.292. The summed E-state index contributed by atoms with van der Waals surface area (Å²) in [6, 6.07) is 8.00. The fourth-order valence-electron chi connectivity index (χ4n) is 3.36. The van der Waals surface area contributed by atoms with Gasteiger partial charge in [-0.05, 0) is 90.2 Å². The Morgan fingerprint density at radius 3 is 2.34 bits per heavy atom. The lowest BCUT2D eigenvalue weighted by Crippen LogP contribution is -2.54. The Morgan fingerprint density at radius 1 is 1.09 bits per heavy atom. The highest BCUT2D eigenvalue weighted by molar-refractivity contribution is 9.10. The molecule has 2 aromatic carbocycles. The van der Waals surface area contributed by atoms with E-state index in [0.717, 1.165) is 22.4 Å². The molecule has 1 N–H and O–H groups in total.